The molecule has 2 heterocycles. The molecular formula is C24H27N5O3. The van der Waals surface area contributed by atoms with Crippen LogP contribution in [-0.2, 0) is 13.1 Å². The fourth-order valence-corrected chi connectivity index (χ4v) is 3.95. The van der Waals surface area contributed by atoms with Gasteiger partial charge in [-0.2, -0.15) is 0 Å². The summed E-state index contributed by atoms with van der Waals surface area (Å²) in [5, 5.41) is 11.0. The van der Waals surface area contributed by atoms with Crippen LogP contribution in [0.3, 0.4) is 0 Å². The first-order valence-corrected chi connectivity index (χ1v) is 10.9. The number of rotatable bonds is 8. The van der Waals surface area contributed by atoms with Gasteiger partial charge in [-0.25, -0.2) is 4.68 Å². The zero-order valence-electron chi connectivity index (χ0n) is 18.1. The third-order valence-corrected chi connectivity index (χ3v) is 5.52. The van der Waals surface area contributed by atoms with Gasteiger partial charge in [0, 0.05) is 13.1 Å². The number of benzene rings is 2. The lowest BCUT2D eigenvalue weighted by molar-refractivity contribution is 0.0716. The van der Waals surface area contributed by atoms with Crippen LogP contribution in [0.5, 0.6) is 5.75 Å². The minimum absolute atomic E-state index is 0.0147. The zero-order valence-corrected chi connectivity index (χ0v) is 18.1. The normalized spacial score (nSPS) is 15.5. The van der Waals surface area contributed by atoms with E-state index in [-0.39, 0.29) is 23.6 Å². The van der Waals surface area contributed by atoms with E-state index in [4.69, 9.17) is 4.74 Å². The Labute approximate surface area is 187 Å². The van der Waals surface area contributed by atoms with Gasteiger partial charge in [-0.3, -0.25) is 9.59 Å². The Morgan fingerprint density at radius 2 is 1.91 bits per heavy atom. The van der Waals surface area contributed by atoms with Crippen molar-refractivity contribution < 1.29 is 14.3 Å². The van der Waals surface area contributed by atoms with Gasteiger partial charge in [-0.15, -0.1) is 5.10 Å². The lowest BCUT2D eigenvalue weighted by Crippen LogP contribution is -2.38. The summed E-state index contributed by atoms with van der Waals surface area (Å²) in [5.41, 5.74) is 1.85. The maximum absolute atomic E-state index is 13.2. The van der Waals surface area contributed by atoms with Crippen molar-refractivity contribution in [2.75, 3.05) is 13.2 Å². The number of amides is 2. The number of carbonyl (C=O) groups excluding carboxylic acids is 2. The van der Waals surface area contributed by atoms with Crippen molar-refractivity contribution in [3.05, 3.63) is 77.6 Å². The highest BCUT2D eigenvalue weighted by atomic mass is 16.5. The zero-order chi connectivity index (χ0) is 22.3. The van der Waals surface area contributed by atoms with Crippen LogP contribution in [0.1, 0.15) is 46.2 Å². The molecule has 1 aliphatic rings. The molecule has 0 bridgehead atoms. The highest BCUT2D eigenvalue weighted by molar-refractivity contribution is 5.97. The maximum atomic E-state index is 13.2. The first-order chi connectivity index (χ1) is 15.7. The van der Waals surface area contributed by atoms with Crippen molar-refractivity contribution in [3.8, 4) is 5.75 Å². The van der Waals surface area contributed by atoms with Gasteiger partial charge in [0.1, 0.15) is 5.75 Å². The summed E-state index contributed by atoms with van der Waals surface area (Å²) >= 11 is 0. The van der Waals surface area contributed by atoms with E-state index in [1.54, 1.807) is 16.9 Å². The number of hydrogen-bond acceptors (Lipinski definition) is 5. The molecule has 1 aromatic heterocycles. The van der Waals surface area contributed by atoms with Crippen LogP contribution in [0.15, 0.2) is 60.8 Å². The minimum Gasteiger partial charge on any atom is -0.493 e. The Bertz CT molecular complexity index is 1070. The van der Waals surface area contributed by atoms with E-state index >= 15 is 0 Å². The molecule has 1 aliphatic heterocycles. The van der Waals surface area contributed by atoms with Gasteiger partial charge < -0.3 is 15.0 Å². The second kappa shape index (κ2) is 10.1. The topological polar surface area (TPSA) is 89.4 Å². The van der Waals surface area contributed by atoms with Crippen molar-refractivity contribution >= 4 is 11.8 Å². The molecule has 1 fully saturated rings. The van der Waals surface area contributed by atoms with Crippen LogP contribution >= 0.6 is 0 Å². The molecule has 1 unspecified atom stereocenters. The molecule has 0 radical (unpaired) electrons. The predicted molar refractivity (Wildman–Crippen MR) is 119 cm³/mol. The summed E-state index contributed by atoms with van der Waals surface area (Å²) in [6.45, 7) is 4.00. The summed E-state index contributed by atoms with van der Waals surface area (Å²) < 4.78 is 7.28. The Morgan fingerprint density at radius 3 is 2.72 bits per heavy atom. The molecule has 8 nitrogen and oxygen atoms in total. The fraction of sp³-hybridized carbons (Fsp3) is 0.333. The number of hydrogen-bond donors (Lipinski definition) is 1. The average molecular weight is 434 g/mol. The SMILES string of the molecule is CCOc1ccccc1C(=O)N1CCCC1Cn1cc(C(=O)NCc2ccccc2)nn1. The number of carbonyl (C=O) groups is 2. The van der Waals surface area contributed by atoms with Gasteiger partial charge >= 0.3 is 0 Å². The van der Waals surface area contributed by atoms with E-state index < -0.39 is 0 Å². The van der Waals surface area contributed by atoms with E-state index in [1.165, 1.54) is 0 Å². The molecule has 166 valence electrons. The minimum atomic E-state index is -0.273. The summed E-state index contributed by atoms with van der Waals surface area (Å²) in [7, 11) is 0. The van der Waals surface area contributed by atoms with Crippen LogP contribution in [0, 0.1) is 0 Å². The molecule has 1 saturated heterocycles. The molecular weight excluding hydrogens is 406 g/mol. The molecule has 4 rings (SSSR count). The van der Waals surface area contributed by atoms with E-state index in [0.717, 1.165) is 18.4 Å². The van der Waals surface area contributed by atoms with Crippen LogP contribution in [0.25, 0.3) is 0 Å². The van der Waals surface area contributed by atoms with Crippen molar-refractivity contribution in [2.24, 2.45) is 0 Å². The molecule has 2 aromatic carbocycles. The largest absolute Gasteiger partial charge is 0.493 e. The summed E-state index contributed by atoms with van der Waals surface area (Å²) in [4.78, 5) is 27.5. The highest BCUT2D eigenvalue weighted by Gasteiger charge is 2.31. The molecule has 8 heteroatoms. The standard InChI is InChI=1S/C24H27N5O3/c1-2-32-22-13-7-6-12-20(22)24(31)29-14-8-11-19(29)16-28-17-21(26-27-28)23(30)25-15-18-9-4-3-5-10-18/h3-7,9-10,12-13,17,19H,2,8,11,14-16H2,1H3,(H,25,30). The molecule has 2 amide bonds. The van der Waals surface area contributed by atoms with Crippen molar-refractivity contribution in [3.63, 3.8) is 0 Å². The summed E-state index contributed by atoms with van der Waals surface area (Å²) in [6.07, 6.45) is 3.43. The monoisotopic (exact) mass is 433 g/mol. The number of aromatic nitrogens is 3. The number of nitrogens with zero attached hydrogens (tertiary/aromatic N) is 4. The van der Waals surface area contributed by atoms with Crippen LogP contribution in [0.2, 0.25) is 0 Å². The van der Waals surface area contributed by atoms with Crippen LogP contribution in [0.4, 0.5) is 0 Å². The molecule has 1 N–H and O–H groups in total. The molecule has 0 saturated carbocycles. The Morgan fingerprint density at radius 1 is 1.12 bits per heavy atom. The smallest absolute Gasteiger partial charge is 0.273 e. The second-order valence-electron chi connectivity index (χ2n) is 7.72. The number of ether oxygens (including phenoxy) is 1. The average Bonchev–Trinajstić information content (AvgIpc) is 3.48. The maximum Gasteiger partial charge on any atom is 0.273 e. The van der Waals surface area contributed by atoms with E-state index in [2.05, 4.69) is 15.6 Å². The Kier molecular flexibility index (Phi) is 6.79. The number of likely N-dealkylation sites (tertiary alicyclic amines) is 1. The van der Waals surface area contributed by atoms with E-state index in [1.807, 2.05) is 60.4 Å². The molecule has 0 aliphatic carbocycles. The van der Waals surface area contributed by atoms with Crippen molar-refractivity contribution in [2.45, 2.75) is 38.9 Å². The summed E-state index contributed by atoms with van der Waals surface area (Å²) in [5.74, 6) is 0.284. The van der Waals surface area contributed by atoms with E-state index in [0.29, 0.717) is 37.6 Å². The van der Waals surface area contributed by atoms with Crippen LogP contribution < -0.4 is 10.1 Å². The van der Waals surface area contributed by atoms with Gasteiger partial charge in [0.15, 0.2) is 5.69 Å². The van der Waals surface area contributed by atoms with Crippen molar-refractivity contribution in [1.82, 2.24) is 25.2 Å². The third kappa shape index (κ3) is 4.96. The number of para-hydroxylation sites is 1. The fourth-order valence-electron chi connectivity index (χ4n) is 3.95. The summed E-state index contributed by atoms with van der Waals surface area (Å²) in [6, 6.07) is 17.0. The molecule has 0 spiro atoms. The van der Waals surface area contributed by atoms with Gasteiger partial charge in [0.25, 0.3) is 11.8 Å². The van der Waals surface area contributed by atoms with Gasteiger partial charge in [-0.1, -0.05) is 47.7 Å². The van der Waals surface area contributed by atoms with Gasteiger partial charge in [0.05, 0.1) is 31.0 Å². The molecule has 3 aromatic rings. The second-order valence-corrected chi connectivity index (χ2v) is 7.72. The van der Waals surface area contributed by atoms with E-state index in [9.17, 15) is 9.59 Å². The lowest BCUT2D eigenvalue weighted by atomic mass is 10.1. The number of nitrogens with one attached hydrogen (secondary N) is 1. The van der Waals surface area contributed by atoms with Crippen molar-refractivity contribution in [1.29, 1.82) is 0 Å². The predicted octanol–water partition coefficient (Wildman–Crippen LogP) is 2.91. The van der Waals surface area contributed by atoms with Gasteiger partial charge in [0.2, 0.25) is 0 Å². The van der Waals surface area contributed by atoms with Crippen LogP contribution in [-0.4, -0.2) is 50.9 Å². The Balaban J connectivity index is 1.39. The van der Waals surface area contributed by atoms with Gasteiger partial charge in [-0.05, 0) is 37.5 Å². The molecule has 1 atom stereocenters. The Hall–Kier alpha value is -3.68. The lowest BCUT2D eigenvalue weighted by Gasteiger charge is -2.25. The molecule has 32 heavy (non-hydrogen) atoms. The quantitative estimate of drug-likeness (QED) is 0.590. The first kappa shape index (κ1) is 21.5. The first-order valence-electron chi connectivity index (χ1n) is 10.9. The third-order valence-electron chi connectivity index (χ3n) is 5.52. The highest BCUT2D eigenvalue weighted by Crippen LogP contribution is 2.26.